The van der Waals surface area contributed by atoms with Crippen LogP contribution in [0.15, 0.2) is 59.1 Å². The summed E-state index contributed by atoms with van der Waals surface area (Å²) in [6, 6.07) is 14.8. The fraction of sp³-hybridized carbons (Fsp3) is 0.111. The Balaban J connectivity index is 1.77. The highest BCUT2D eigenvalue weighted by molar-refractivity contribution is 6.02. The number of hydrogen-bond donors (Lipinski definition) is 1. The number of nitrogens with zero attached hydrogens (tertiary/aromatic N) is 1. The average Bonchev–Trinajstić information content (AvgIpc) is 3.12. The molecule has 0 aliphatic heterocycles. The number of amides is 1. The van der Waals surface area contributed by atoms with E-state index in [1.165, 1.54) is 31.4 Å². The normalized spacial score (nSPS) is 10.6. The van der Waals surface area contributed by atoms with Gasteiger partial charge in [0.2, 0.25) is 5.76 Å². The van der Waals surface area contributed by atoms with E-state index in [0.29, 0.717) is 5.69 Å². The van der Waals surface area contributed by atoms with Gasteiger partial charge in [-0.25, -0.2) is 0 Å². The number of ether oxygens (including phenoxy) is 2. The lowest BCUT2D eigenvalue weighted by Gasteiger charge is -2.11. The summed E-state index contributed by atoms with van der Waals surface area (Å²) in [5.41, 5.74) is 1.55. The number of alkyl halides is 2. The maximum atomic E-state index is 12.5. The van der Waals surface area contributed by atoms with Crippen molar-refractivity contribution in [2.24, 2.45) is 0 Å². The van der Waals surface area contributed by atoms with Crippen molar-refractivity contribution in [2.75, 3.05) is 12.4 Å². The van der Waals surface area contributed by atoms with Gasteiger partial charge in [-0.3, -0.25) is 4.79 Å². The van der Waals surface area contributed by atoms with Gasteiger partial charge in [0, 0.05) is 23.4 Å². The van der Waals surface area contributed by atoms with Crippen LogP contribution in [-0.2, 0) is 0 Å². The predicted molar refractivity (Wildman–Crippen MR) is 89.5 cm³/mol. The second kappa shape index (κ2) is 7.64. The van der Waals surface area contributed by atoms with Crippen molar-refractivity contribution < 1.29 is 27.6 Å². The van der Waals surface area contributed by atoms with Crippen molar-refractivity contribution in [3.05, 3.63) is 60.4 Å². The SMILES string of the molecule is COc1ccc(NC(=O)c2cc(-c3ccccc3)no2)cc1OC(F)F. The minimum atomic E-state index is -3.02. The second-order valence-electron chi connectivity index (χ2n) is 5.14. The molecule has 0 spiro atoms. The third-order valence-corrected chi connectivity index (χ3v) is 3.44. The average molecular weight is 360 g/mol. The third-order valence-electron chi connectivity index (χ3n) is 3.44. The molecule has 2 aromatic carbocycles. The van der Waals surface area contributed by atoms with Crippen LogP contribution in [0.2, 0.25) is 0 Å². The fourth-order valence-electron chi connectivity index (χ4n) is 2.26. The fourth-order valence-corrected chi connectivity index (χ4v) is 2.26. The topological polar surface area (TPSA) is 73.6 Å². The van der Waals surface area contributed by atoms with E-state index in [9.17, 15) is 13.6 Å². The minimum absolute atomic E-state index is 0.0176. The summed E-state index contributed by atoms with van der Waals surface area (Å²) in [4.78, 5) is 12.3. The maximum absolute atomic E-state index is 12.5. The van der Waals surface area contributed by atoms with Gasteiger partial charge in [0.05, 0.1) is 7.11 Å². The monoisotopic (exact) mass is 360 g/mol. The quantitative estimate of drug-likeness (QED) is 0.713. The first-order valence-electron chi connectivity index (χ1n) is 7.53. The molecule has 8 heteroatoms. The number of methoxy groups -OCH3 is 1. The highest BCUT2D eigenvalue weighted by Crippen LogP contribution is 2.31. The molecule has 0 bridgehead atoms. The number of anilines is 1. The van der Waals surface area contributed by atoms with Crippen LogP contribution >= 0.6 is 0 Å². The molecule has 0 saturated heterocycles. The number of carbonyl (C=O) groups is 1. The first-order valence-corrected chi connectivity index (χ1v) is 7.53. The van der Waals surface area contributed by atoms with Gasteiger partial charge in [-0.1, -0.05) is 35.5 Å². The predicted octanol–water partition coefficient (Wildman–Crippen LogP) is 4.20. The van der Waals surface area contributed by atoms with E-state index in [1.807, 2.05) is 30.3 Å². The zero-order chi connectivity index (χ0) is 18.5. The zero-order valence-corrected chi connectivity index (χ0v) is 13.6. The van der Waals surface area contributed by atoms with Crippen molar-refractivity contribution in [3.63, 3.8) is 0 Å². The van der Waals surface area contributed by atoms with Crippen LogP contribution in [0.5, 0.6) is 11.5 Å². The summed E-state index contributed by atoms with van der Waals surface area (Å²) >= 11 is 0. The Labute approximate surface area is 147 Å². The van der Waals surface area contributed by atoms with Crippen molar-refractivity contribution in [1.29, 1.82) is 0 Å². The Morgan fingerprint density at radius 2 is 1.88 bits per heavy atom. The lowest BCUT2D eigenvalue weighted by atomic mass is 10.1. The summed E-state index contributed by atoms with van der Waals surface area (Å²) in [5, 5.41) is 6.39. The first-order chi connectivity index (χ1) is 12.6. The van der Waals surface area contributed by atoms with Crippen molar-refractivity contribution >= 4 is 11.6 Å². The molecule has 1 N–H and O–H groups in total. The summed E-state index contributed by atoms with van der Waals surface area (Å²) < 4.78 is 39.3. The van der Waals surface area contributed by atoms with Crippen LogP contribution in [0, 0.1) is 0 Å². The van der Waals surface area contributed by atoms with Crippen LogP contribution in [0.3, 0.4) is 0 Å². The molecule has 1 aromatic heterocycles. The van der Waals surface area contributed by atoms with Gasteiger partial charge >= 0.3 is 6.61 Å². The molecule has 1 heterocycles. The van der Waals surface area contributed by atoms with E-state index in [0.717, 1.165) is 5.56 Å². The molecule has 6 nitrogen and oxygen atoms in total. The molecular formula is C18H14F2N2O4. The van der Waals surface area contributed by atoms with Crippen LogP contribution in [-0.4, -0.2) is 24.8 Å². The molecule has 0 atom stereocenters. The number of hydrogen-bond acceptors (Lipinski definition) is 5. The van der Waals surface area contributed by atoms with Gasteiger partial charge < -0.3 is 19.3 Å². The van der Waals surface area contributed by atoms with Gasteiger partial charge in [0.1, 0.15) is 5.69 Å². The Morgan fingerprint density at radius 3 is 2.58 bits per heavy atom. The van der Waals surface area contributed by atoms with Crippen LogP contribution < -0.4 is 14.8 Å². The number of rotatable bonds is 6. The summed E-state index contributed by atoms with van der Waals surface area (Å²) in [5.74, 6) is -0.666. The number of benzene rings is 2. The molecule has 0 saturated carbocycles. The van der Waals surface area contributed by atoms with Crippen LogP contribution in [0.1, 0.15) is 10.6 Å². The van der Waals surface area contributed by atoms with Crippen LogP contribution in [0.25, 0.3) is 11.3 Å². The van der Waals surface area contributed by atoms with Crippen molar-refractivity contribution in [3.8, 4) is 22.8 Å². The first kappa shape index (κ1) is 17.4. The molecule has 134 valence electrons. The van der Waals surface area contributed by atoms with Gasteiger partial charge in [-0.15, -0.1) is 0 Å². The van der Waals surface area contributed by atoms with Gasteiger partial charge in [0.15, 0.2) is 11.5 Å². The van der Waals surface area contributed by atoms with E-state index in [4.69, 9.17) is 9.26 Å². The molecule has 3 aromatic rings. The summed E-state index contributed by atoms with van der Waals surface area (Å²) in [6.45, 7) is -3.02. The largest absolute Gasteiger partial charge is 0.493 e. The molecule has 0 fully saturated rings. The summed E-state index contributed by atoms with van der Waals surface area (Å²) in [6.07, 6.45) is 0. The molecule has 0 unspecified atom stereocenters. The zero-order valence-electron chi connectivity index (χ0n) is 13.6. The lowest BCUT2D eigenvalue weighted by Crippen LogP contribution is -2.11. The number of carbonyl (C=O) groups excluding carboxylic acids is 1. The molecule has 0 radical (unpaired) electrons. The highest BCUT2D eigenvalue weighted by atomic mass is 19.3. The minimum Gasteiger partial charge on any atom is -0.493 e. The van der Waals surface area contributed by atoms with Gasteiger partial charge in [-0.05, 0) is 12.1 Å². The highest BCUT2D eigenvalue weighted by Gasteiger charge is 2.16. The Morgan fingerprint density at radius 1 is 1.12 bits per heavy atom. The number of nitrogens with one attached hydrogen (secondary N) is 1. The molecule has 26 heavy (non-hydrogen) atoms. The molecular weight excluding hydrogens is 346 g/mol. The number of aromatic nitrogens is 1. The third kappa shape index (κ3) is 3.97. The van der Waals surface area contributed by atoms with E-state index in [2.05, 4.69) is 15.2 Å². The molecule has 0 aliphatic carbocycles. The molecule has 3 rings (SSSR count). The van der Waals surface area contributed by atoms with E-state index < -0.39 is 12.5 Å². The van der Waals surface area contributed by atoms with Crippen molar-refractivity contribution in [1.82, 2.24) is 5.16 Å². The standard InChI is InChI=1S/C18H14F2N2O4/c1-24-14-8-7-12(9-15(14)25-18(19)20)21-17(23)16-10-13(22-26-16)11-5-3-2-4-6-11/h2-10,18H,1H3,(H,21,23). The lowest BCUT2D eigenvalue weighted by molar-refractivity contribution is -0.0511. The van der Waals surface area contributed by atoms with E-state index >= 15 is 0 Å². The molecule has 0 aliphatic rings. The maximum Gasteiger partial charge on any atom is 0.387 e. The Bertz CT molecular complexity index is 897. The van der Waals surface area contributed by atoms with Crippen molar-refractivity contribution in [2.45, 2.75) is 6.61 Å². The van der Waals surface area contributed by atoms with Gasteiger partial charge in [0.25, 0.3) is 5.91 Å². The van der Waals surface area contributed by atoms with Gasteiger partial charge in [-0.2, -0.15) is 8.78 Å². The second-order valence-corrected chi connectivity index (χ2v) is 5.14. The Hall–Kier alpha value is -3.42. The Kier molecular flexibility index (Phi) is 5.12. The van der Waals surface area contributed by atoms with E-state index in [-0.39, 0.29) is 22.9 Å². The number of halogens is 2. The molecule has 1 amide bonds. The smallest absolute Gasteiger partial charge is 0.387 e. The van der Waals surface area contributed by atoms with Crippen LogP contribution in [0.4, 0.5) is 14.5 Å². The summed E-state index contributed by atoms with van der Waals surface area (Å²) in [7, 11) is 1.32. The van der Waals surface area contributed by atoms with E-state index in [1.54, 1.807) is 0 Å².